The van der Waals surface area contributed by atoms with E-state index in [1.54, 1.807) is 6.92 Å². The first kappa shape index (κ1) is 17.2. The van der Waals surface area contributed by atoms with Crippen LogP contribution in [0.2, 0.25) is 0 Å². The minimum atomic E-state index is -0.383. The number of aliphatic hydroxyl groups is 1. The van der Waals surface area contributed by atoms with Gasteiger partial charge >= 0.3 is 0 Å². The van der Waals surface area contributed by atoms with Gasteiger partial charge in [0.25, 0.3) is 0 Å². The zero-order valence-corrected chi connectivity index (χ0v) is 12.3. The Kier molecular flexibility index (Phi) is 6.63. The second kappa shape index (κ2) is 6.95. The number of nitrogens with one attached hydrogen (secondary N) is 1. The molecule has 5 heteroatoms. The van der Waals surface area contributed by atoms with Gasteiger partial charge in [0.2, 0.25) is 0 Å². The van der Waals surface area contributed by atoms with Crippen molar-refractivity contribution in [3.05, 3.63) is 0 Å². The van der Waals surface area contributed by atoms with Crippen LogP contribution in [0.1, 0.15) is 53.9 Å². The van der Waals surface area contributed by atoms with Crippen molar-refractivity contribution in [2.75, 3.05) is 6.54 Å². The predicted octanol–water partition coefficient (Wildman–Crippen LogP) is 1.68. The van der Waals surface area contributed by atoms with Crippen LogP contribution < -0.4 is 11.1 Å². The molecule has 0 aromatic heterocycles. The molecule has 0 aliphatic rings. The molecule has 0 aliphatic carbocycles. The van der Waals surface area contributed by atoms with Gasteiger partial charge in [-0.15, -0.1) is 0 Å². The van der Waals surface area contributed by atoms with E-state index in [1.165, 1.54) is 0 Å². The summed E-state index contributed by atoms with van der Waals surface area (Å²) in [6.45, 7) is 10.5. The molecule has 0 aromatic rings. The van der Waals surface area contributed by atoms with Crippen LogP contribution in [-0.2, 0) is 0 Å². The number of aliphatic hydroxyl groups excluding tert-OH is 1. The first-order chi connectivity index (χ1) is 8.13. The van der Waals surface area contributed by atoms with Crippen LogP contribution in [0.5, 0.6) is 0 Å². The summed E-state index contributed by atoms with van der Waals surface area (Å²) in [5.74, 6) is 0.278. The number of hydrogen-bond acceptors (Lipinski definition) is 4. The molecule has 0 saturated carbocycles. The van der Waals surface area contributed by atoms with Crippen LogP contribution in [0.3, 0.4) is 0 Å². The highest BCUT2D eigenvalue weighted by atomic mass is 16.4. The molecule has 0 aromatic carbocycles. The van der Waals surface area contributed by atoms with Crippen LogP contribution in [0.4, 0.5) is 0 Å². The average molecular weight is 259 g/mol. The largest absolute Gasteiger partial charge is 0.409 e. The monoisotopic (exact) mass is 259 g/mol. The van der Waals surface area contributed by atoms with Crippen LogP contribution >= 0.6 is 0 Å². The fraction of sp³-hybridized carbons (Fsp3) is 0.923. The predicted molar refractivity (Wildman–Crippen MR) is 74.8 cm³/mol. The van der Waals surface area contributed by atoms with Gasteiger partial charge in [0, 0.05) is 11.0 Å². The maximum atomic E-state index is 9.55. The van der Waals surface area contributed by atoms with Crippen molar-refractivity contribution in [1.82, 2.24) is 5.32 Å². The molecule has 1 unspecified atom stereocenters. The van der Waals surface area contributed by atoms with Crippen LogP contribution in [0.15, 0.2) is 5.16 Å². The van der Waals surface area contributed by atoms with Gasteiger partial charge in [-0.1, -0.05) is 25.4 Å². The maximum Gasteiger partial charge on any atom is 0.144 e. The van der Waals surface area contributed by atoms with Gasteiger partial charge in [-0.05, 0) is 40.2 Å². The van der Waals surface area contributed by atoms with Crippen molar-refractivity contribution in [2.45, 2.75) is 65.5 Å². The highest BCUT2D eigenvalue weighted by Gasteiger charge is 2.24. The third-order valence-corrected chi connectivity index (χ3v) is 3.65. The molecule has 0 rings (SSSR count). The molecular formula is C13H29N3O2. The lowest BCUT2D eigenvalue weighted by molar-refractivity contribution is 0.0965. The molecule has 0 fully saturated rings. The van der Waals surface area contributed by atoms with E-state index in [-0.39, 0.29) is 22.9 Å². The highest BCUT2D eigenvalue weighted by molar-refractivity contribution is 5.85. The van der Waals surface area contributed by atoms with Crippen molar-refractivity contribution in [1.29, 1.82) is 0 Å². The fourth-order valence-corrected chi connectivity index (χ4v) is 1.51. The Morgan fingerprint density at radius 3 is 2.28 bits per heavy atom. The van der Waals surface area contributed by atoms with E-state index in [4.69, 9.17) is 10.9 Å². The van der Waals surface area contributed by atoms with Crippen LogP contribution in [0, 0.1) is 5.41 Å². The third kappa shape index (κ3) is 5.69. The molecule has 1 atom stereocenters. The first-order valence-electron chi connectivity index (χ1n) is 6.54. The van der Waals surface area contributed by atoms with Crippen molar-refractivity contribution in [3.8, 4) is 0 Å². The Balaban J connectivity index is 3.89. The summed E-state index contributed by atoms with van der Waals surface area (Å²) in [7, 11) is 0. The first-order valence-corrected chi connectivity index (χ1v) is 6.54. The van der Waals surface area contributed by atoms with Crippen molar-refractivity contribution < 1.29 is 10.3 Å². The third-order valence-electron chi connectivity index (χ3n) is 3.65. The van der Waals surface area contributed by atoms with Crippen molar-refractivity contribution in [2.24, 2.45) is 16.3 Å². The number of hydrogen-bond donors (Lipinski definition) is 4. The van der Waals surface area contributed by atoms with Gasteiger partial charge in [0.1, 0.15) is 5.84 Å². The maximum absolute atomic E-state index is 9.55. The molecule has 0 amide bonds. The quantitative estimate of drug-likeness (QED) is 0.175. The smallest absolute Gasteiger partial charge is 0.144 e. The number of nitrogens with zero attached hydrogens (tertiary/aromatic N) is 1. The summed E-state index contributed by atoms with van der Waals surface area (Å²) >= 11 is 0. The molecule has 0 heterocycles. The molecule has 18 heavy (non-hydrogen) atoms. The van der Waals surface area contributed by atoms with Gasteiger partial charge < -0.3 is 21.4 Å². The van der Waals surface area contributed by atoms with E-state index < -0.39 is 0 Å². The molecular weight excluding hydrogens is 230 g/mol. The van der Waals surface area contributed by atoms with E-state index >= 15 is 0 Å². The average Bonchev–Trinajstić information content (AvgIpc) is 2.26. The van der Waals surface area contributed by atoms with Gasteiger partial charge in [0.05, 0.1) is 6.10 Å². The summed E-state index contributed by atoms with van der Waals surface area (Å²) in [6, 6.07) is 0. The lowest BCUT2D eigenvalue weighted by atomic mass is 9.86. The molecule has 5 N–H and O–H groups in total. The number of rotatable bonds is 8. The standard InChI is InChI=1S/C13H29N3O2/c1-10(17)13(4,5)15-9-7-6-8-12(2,3)11(14)16-18/h10,15,17-18H,6-9H2,1-5H3,(H2,14,16). The number of amidine groups is 1. The van der Waals surface area contributed by atoms with Gasteiger partial charge in [-0.3, -0.25) is 0 Å². The lowest BCUT2D eigenvalue weighted by Gasteiger charge is -2.30. The zero-order chi connectivity index (χ0) is 14.4. The van der Waals surface area contributed by atoms with E-state index in [9.17, 15) is 5.11 Å². The summed E-state index contributed by atoms with van der Waals surface area (Å²) in [5, 5.41) is 24.6. The molecule has 0 radical (unpaired) electrons. The van der Waals surface area contributed by atoms with E-state index in [2.05, 4.69) is 10.5 Å². The van der Waals surface area contributed by atoms with Crippen LogP contribution in [0.25, 0.3) is 0 Å². The Labute approximate surface area is 110 Å². The normalized spacial score (nSPS) is 15.8. The number of oxime groups is 1. The zero-order valence-electron chi connectivity index (χ0n) is 12.3. The second-order valence-electron chi connectivity index (χ2n) is 6.15. The Morgan fingerprint density at radius 1 is 1.28 bits per heavy atom. The van der Waals surface area contributed by atoms with Gasteiger partial charge in [-0.2, -0.15) is 0 Å². The number of unbranched alkanes of at least 4 members (excludes halogenated alkanes) is 1. The molecule has 0 spiro atoms. The molecule has 0 bridgehead atoms. The number of nitrogens with two attached hydrogens (primary N) is 1. The van der Waals surface area contributed by atoms with Gasteiger partial charge in [0.15, 0.2) is 0 Å². The summed E-state index contributed by atoms with van der Waals surface area (Å²) in [6.07, 6.45) is 2.48. The van der Waals surface area contributed by atoms with E-state index in [0.29, 0.717) is 0 Å². The molecule has 5 nitrogen and oxygen atoms in total. The molecule has 108 valence electrons. The minimum absolute atomic E-state index is 0.263. The Hall–Kier alpha value is -0.810. The minimum Gasteiger partial charge on any atom is -0.409 e. The SMILES string of the molecule is CC(O)C(C)(C)NCCCCC(C)(C)C(N)=NO. The summed E-state index contributed by atoms with van der Waals surface area (Å²) in [5.41, 5.74) is 5.09. The van der Waals surface area contributed by atoms with E-state index in [1.807, 2.05) is 27.7 Å². The van der Waals surface area contributed by atoms with Crippen LogP contribution in [-0.4, -0.2) is 34.3 Å². The van der Waals surface area contributed by atoms with E-state index in [0.717, 1.165) is 25.8 Å². The Bertz CT molecular complexity index is 273. The summed E-state index contributed by atoms with van der Waals surface area (Å²) in [4.78, 5) is 0. The lowest BCUT2D eigenvalue weighted by Crippen LogP contribution is -2.48. The second-order valence-corrected chi connectivity index (χ2v) is 6.15. The topological polar surface area (TPSA) is 90.9 Å². The van der Waals surface area contributed by atoms with Gasteiger partial charge in [-0.25, -0.2) is 0 Å². The summed E-state index contributed by atoms with van der Waals surface area (Å²) < 4.78 is 0. The fourth-order valence-electron chi connectivity index (χ4n) is 1.51. The molecule has 0 aliphatic heterocycles. The molecule has 0 saturated heterocycles. The van der Waals surface area contributed by atoms with Crippen molar-refractivity contribution >= 4 is 5.84 Å². The van der Waals surface area contributed by atoms with Crippen molar-refractivity contribution in [3.63, 3.8) is 0 Å². The highest BCUT2D eigenvalue weighted by Crippen LogP contribution is 2.23. The Morgan fingerprint density at radius 2 is 1.83 bits per heavy atom.